The van der Waals surface area contributed by atoms with Gasteiger partial charge in [0.25, 0.3) is 5.91 Å². The predicted molar refractivity (Wildman–Crippen MR) is 98.8 cm³/mol. The number of rotatable bonds is 4. The third-order valence-corrected chi connectivity index (χ3v) is 4.99. The van der Waals surface area contributed by atoms with E-state index in [-0.39, 0.29) is 21.8 Å². The Morgan fingerprint density at radius 2 is 1.74 bits per heavy atom. The Balaban J connectivity index is 1.97. The molecule has 0 unspecified atom stereocenters. The first kappa shape index (κ1) is 19.3. The number of carbonyl (C=O) groups excluding carboxylic acids is 1. The number of anilines is 1. The molecule has 3 nitrogen and oxygen atoms in total. The summed E-state index contributed by atoms with van der Waals surface area (Å²) in [5, 5.41) is 2.83. The van der Waals surface area contributed by atoms with Crippen molar-refractivity contribution in [2.24, 2.45) is 0 Å². The van der Waals surface area contributed by atoms with E-state index in [0.717, 1.165) is 36.2 Å². The van der Waals surface area contributed by atoms with Crippen LogP contribution in [0.15, 0.2) is 58.5 Å². The minimum Gasteiger partial charge on any atom is -0.318 e. The molecular formula is C19H12ClF3N2OS. The van der Waals surface area contributed by atoms with Crippen molar-refractivity contribution in [1.82, 2.24) is 4.98 Å². The third kappa shape index (κ3) is 4.43. The van der Waals surface area contributed by atoms with Gasteiger partial charge in [0.1, 0.15) is 17.5 Å². The van der Waals surface area contributed by atoms with Crippen molar-refractivity contribution < 1.29 is 18.0 Å². The Morgan fingerprint density at radius 1 is 1.07 bits per heavy atom. The van der Waals surface area contributed by atoms with Crippen LogP contribution in [0.5, 0.6) is 0 Å². The van der Waals surface area contributed by atoms with Crippen molar-refractivity contribution in [2.45, 2.75) is 16.7 Å². The Morgan fingerprint density at radius 3 is 2.44 bits per heavy atom. The van der Waals surface area contributed by atoms with Crippen LogP contribution in [0.4, 0.5) is 18.9 Å². The van der Waals surface area contributed by atoms with Gasteiger partial charge in [-0.25, -0.2) is 13.2 Å². The summed E-state index contributed by atoms with van der Waals surface area (Å²) in [6.07, 6.45) is 0.969. The van der Waals surface area contributed by atoms with Crippen LogP contribution in [0.25, 0.3) is 0 Å². The van der Waals surface area contributed by atoms with Gasteiger partial charge in [0.05, 0.1) is 28.0 Å². The average Bonchev–Trinajstić information content (AvgIpc) is 2.64. The van der Waals surface area contributed by atoms with E-state index in [4.69, 9.17) is 11.6 Å². The number of amides is 1. The van der Waals surface area contributed by atoms with E-state index in [0.29, 0.717) is 9.92 Å². The Labute approximate surface area is 162 Å². The van der Waals surface area contributed by atoms with E-state index in [1.807, 2.05) is 0 Å². The summed E-state index contributed by atoms with van der Waals surface area (Å²) in [7, 11) is 0. The highest BCUT2D eigenvalue weighted by Crippen LogP contribution is 2.37. The lowest BCUT2D eigenvalue weighted by Crippen LogP contribution is -2.16. The van der Waals surface area contributed by atoms with Crippen molar-refractivity contribution in [3.8, 4) is 0 Å². The summed E-state index contributed by atoms with van der Waals surface area (Å²) < 4.78 is 42.1. The number of aromatic nitrogens is 1. The maximum atomic E-state index is 14.4. The summed E-state index contributed by atoms with van der Waals surface area (Å²) in [6, 6.07) is 9.38. The zero-order valence-corrected chi connectivity index (χ0v) is 15.5. The van der Waals surface area contributed by atoms with Gasteiger partial charge in [-0.2, -0.15) is 0 Å². The first-order valence-electron chi connectivity index (χ1n) is 7.70. The van der Waals surface area contributed by atoms with Crippen LogP contribution >= 0.6 is 23.4 Å². The van der Waals surface area contributed by atoms with E-state index in [9.17, 15) is 18.0 Å². The van der Waals surface area contributed by atoms with Crippen LogP contribution in [-0.4, -0.2) is 10.9 Å². The van der Waals surface area contributed by atoms with Crippen LogP contribution in [0.1, 0.15) is 16.1 Å². The van der Waals surface area contributed by atoms with Gasteiger partial charge >= 0.3 is 0 Å². The molecule has 1 N–H and O–H groups in total. The Kier molecular flexibility index (Phi) is 5.72. The summed E-state index contributed by atoms with van der Waals surface area (Å²) in [5.74, 6) is -3.02. The van der Waals surface area contributed by atoms with Gasteiger partial charge in [-0.15, -0.1) is 0 Å². The van der Waals surface area contributed by atoms with Crippen LogP contribution in [0, 0.1) is 24.4 Å². The molecule has 1 heterocycles. The standard InChI is InChI=1S/C19H12ClF3N2OS/c1-10-14(8-12(21)9-24-10)19(26)25-17-15(22)6-7-16(23)18(17)27-13-4-2-11(20)3-5-13/h2-9H,1H3,(H,25,26). The number of nitrogens with zero attached hydrogens (tertiary/aromatic N) is 1. The quantitative estimate of drug-likeness (QED) is 0.587. The third-order valence-electron chi connectivity index (χ3n) is 3.63. The SMILES string of the molecule is Cc1ncc(F)cc1C(=O)Nc1c(F)ccc(F)c1Sc1ccc(Cl)cc1. The first-order chi connectivity index (χ1) is 12.8. The number of carbonyl (C=O) groups is 1. The molecule has 0 fully saturated rings. The summed E-state index contributed by atoms with van der Waals surface area (Å²) in [4.78, 5) is 16.7. The molecule has 1 aromatic heterocycles. The number of halogens is 4. The smallest absolute Gasteiger partial charge is 0.257 e. The van der Waals surface area contributed by atoms with Crippen molar-refractivity contribution in [1.29, 1.82) is 0 Å². The highest BCUT2D eigenvalue weighted by Gasteiger charge is 2.20. The van der Waals surface area contributed by atoms with E-state index >= 15 is 0 Å². The van der Waals surface area contributed by atoms with E-state index in [1.165, 1.54) is 6.92 Å². The molecule has 0 bridgehead atoms. The molecule has 0 aliphatic rings. The molecule has 0 atom stereocenters. The topological polar surface area (TPSA) is 42.0 Å². The van der Waals surface area contributed by atoms with Crippen LogP contribution in [0.2, 0.25) is 5.02 Å². The van der Waals surface area contributed by atoms with Crippen molar-refractivity contribution >= 4 is 35.0 Å². The van der Waals surface area contributed by atoms with Crippen LogP contribution < -0.4 is 5.32 Å². The van der Waals surface area contributed by atoms with Crippen molar-refractivity contribution in [3.05, 3.63) is 82.4 Å². The monoisotopic (exact) mass is 408 g/mol. The fourth-order valence-electron chi connectivity index (χ4n) is 2.29. The molecule has 0 spiro atoms. The molecule has 0 radical (unpaired) electrons. The summed E-state index contributed by atoms with van der Waals surface area (Å²) in [6.45, 7) is 1.51. The molecule has 3 rings (SSSR count). The van der Waals surface area contributed by atoms with E-state index in [1.54, 1.807) is 24.3 Å². The maximum absolute atomic E-state index is 14.4. The van der Waals surface area contributed by atoms with Gasteiger partial charge < -0.3 is 5.32 Å². The fourth-order valence-corrected chi connectivity index (χ4v) is 3.34. The maximum Gasteiger partial charge on any atom is 0.257 e. The molecular weight excluding hydrogens is 397 g/mol. The molecule has 0 aliphatic heterocycles. The zero-order valence-electron chi connectivity index (χ0n) is 13.9. The first-order valence-corrected chi connectivity index (χ1v) is 8.89. The Hall–Kier alpha value is -2.51. The predicted octanol–water partition coefficient (Wildman–Crippen LogP) is 5.86. The highest BCUT2D eigenvalue weighted by atomic mass is 35.5. The molecule has 1 amide bonds. The summed E-state index contributed by atoms with van der Waals surface area (Å²) in [5.41, 5.74) is -0.137. The molecule has 3 aromatic rings. The molecule has 27 heavy (non-hydrogen) atoms. The molecule has 8 heteroatoms. The Bertz CT molecular complexity index is 1010. The van der Waals surface area contributed by atoms with Gasteiger partial charge in [0, 0.05) is 9.92 Å². The lowest BCUT2D eigenvalue weighted by atomic mass is 10.2. The number of hydrogen-bond donors (Lipinski definition) is 1. The fraction of sp³-hybridized carbons (Fsp3) is 0.0526. The number of aryl methyl sites for hydroxylation is 1. The van der Waals surface area contributed by atoms with Crippen molar-refractivity contribution in [2.75, 3.05) is 5.32 Å². The lowest BCUT2D eigenvalue weighted by molar-refractivity contribution is 0.102. The van der Waals surface area contributed by atoms with Crippen molar-refractivity contribution in [3.63, 3.8) is 0 Å². The normalized spacial score (nSPS) is 10.7. The van der Waals surface area contributed by atoms with Crippen LogP contribution in [-0.2, 0) is 0 Å². The van der Waals surface area contributed by atoms with Gasteiger partial charge in [0.15, 0.2) is 0 Å². The van der Waals surface area contributed by atoms with Gasteiger partial charge in [-0.1, -0.05) is 23.4 Å². The average molecular weight is 409 g/mol. The largest absolute Gasteiger partial charge is 0.318 e. The minimum absolute atomic E-state index is 0.0684. The molecule has 138 valence electrons. The molecule has 2 aromatic carbocycles. The van der Waals surface area contributed by atoms with Gasteiger partial charge in [0.2, 0.25) is 0 Å². The lowest BCUT2D eigenvalue weighted by Gasteiger charge is -2.13. The van der Waals surface area contributed by atoms with Gasteiger partial charge in [-0.3, -0.25) is 9.78 Å². The second-order valence-corrected chi connectivity index (χ2v) is 7.05. The zero-order chi connectivity index (χ0) is 19.6. The van der Waals surface area contributed by atoms with E-state index < -0.39 is 23.4 Å². The number of benzene rings is 2. The van der Waals surface area contributed by atoms with Gasteiger partial charge in [-0.05, 0) is 49.4 Å². The highest BCUT2D eigenvalue weighted by molar-refractivity contribution is 7.99. The second-order valence-electron chi connectivity index (χ2n) is 5.53. The summed E-state index contributed by atoms with van der Waals surface area (Å²) >= 11 is 6.76. The molecule has 0 saturated carbocycles. The number of pyridine rings is 1. The number of hydrogen-bond acceptors (Lipinski definition) is 3. The number of nitrogens with one attached hydrogen (secondary N) is 1. The second kappa shape index (κ2) is 8.02. The van der Waals surface area contributed by atoms with Crippen LogP contribution in [0.3, 0.4) is 0 Å². The van der Waals surface area contributed by atoms with E-state index in [2.05, 4.69) is 10.3 Å². The minimum atomic E-state index is -0.816. The molecule has 0 saturated heterocycles. The molecule has 0 aliphatic carbocycles.